The quantitative estimate of drug-likeness (QED) is 0.819. The van der Waals surface area contributed by atoms with Crippen molar-refractivity contribution in [3.05, 3.63) is 29.3 Å². The monoisotopic (exact) mass is 394 g/mol. The van der Waals surface area contributed by atoms with Crippen LogP contribution in [0.2, 0.25) is 0 Å². The van der Waals surface area contributed by atoms with E-state index < -0.39 is 10.0 Å². The van der Waals surface area contributed by atoms with Gasteiger partial charge in [0.25, 0.3) is 0 Å². The predicted octanol–water partition coefficient (Wildman–Crippen LogP) is 2.12. The molecule has 2 aliphatic rings. The molecule has 1 amide bonds. The fraction of sp³-hybridized carbons (Fsp3) is 0.650. The Balaban J connectivity index is 1.69. The molecule has 2 fully saturated rings. The Kier molecular flexibility index (Phi) is 6.23. The number of benzene rings is 1. The molecule has 1 aliphatic heterocycles. The van der Waals surface area contributed by atoms with Crippen LogP contribution in [0.3, 0.4) is 0 Å². The molecule has 6 nitrogen and oxygen atoms in total. The van der Waals surface area contributed by atoms with Crippen molar-refractivity contribution in [3.8, 4) is 0 Å². The van der Waals surface area contributed by atoms with E-state index >= 15 is 0 Å². The number of amides is 1. The minimum absolute atomic E-state index is 0.00717. The molecule has 1 saturated heterocycles. The zero-order valence-corrected chi connectivity index (χ0v) is 17.0. The number of aliphatic hydroxyl groups is 1. The minimum atomic E-state index is -3.61. The SMILES string of the molecule is Cc1ccc(C)c(S(=O)(=O)N2CCCC(C(=O)NC3CCCC(O)C3)C2)c1. The highest BCUT2D eigenvalue weighted by atomic mass is 32.2. The summed E-state index contributed by atoms with van der Waals surface area (Å²) in [6.07, 6.45) is 4.18. The van der Waals surface area contributed by atoms with Crippen LogP contribution >= 0.6 is 0 Å². The second-order valence-electron chi connectivity index (χ2n) is 8.00. The van der Waals surface area contributed by atoms with E-state index in [2.05, 4.69) is 5.32 Å². The second-order valence-corrected chi connectivity index (χ2v) is 9.90. The van der Waals surface area contributed by atoms with E-state index in [-0.39, 0.29) is 30.5 Å². The molecule has 0 aromatic heterocycles. The normalized spacial score (nSPS) is 27.3. The van der Waals surface area contributed by atoms with Gasteiger partial charge in [-0.2, -0.15) is 4.31 Å². The van der Waals surface area contributed by atoms with Crippen LogP contribution in [-0.4, -0.2) is 49.0 Å². The number of aliphatic hydroxyl groups excluding tert-OH is 1. The number of hydrogen-bond acceptors (Lipinski definition) is 4. The van der Waals surface area contributed by atoms with Crippen molar-refractivity contribution < 1.29 is 18.3 Å². The van der Waals surface area contributed by atoms with Crippen LogP contribution in [0.25, 0.3) is 0 Å². The summed E-state index contributed by atoms with van der Waals surface area (Å²) in [4.78, 5) is 13.0. The van der Waals surface area contributed by atoms with E-state index in [1.807, 2.05) is 19.1 Å². The fourth-order valence-corrected chi connectivity index (χ4v) is 5.95. The first-order valence-electron chi connectivity index (χ1n) is 9.83. The van der Waals surface area contributed by atoms with Crippen LogP contribution in [-0.2, 0) is 14.8 Å². The van der Waals surface area contributed by atoms with Gasteiger partial charge in [0.15, 0.2) is 0 Å². The van der Waals surface area contributed by atoms with Gasteiger partial charge in [-0.3, -0.25) is 4.79 Å². The Labute approximate surface area is 162 Å². The van der Waals surface area contributed by atoms with Crippen LogP contribution < -0.4 is 5.32 Å². The Morgan fingerprint density at radius 1 is 1.19 bits per heavy atom. The van der Waals surface area contributed by atoms with E-state index in [0.29, 0.717) is 30.7 Å². The first kappa shape index (κ1) is 20.3. The summed E-state index contributed by atoms with van der Waals surface area (Å²) >= 11 is 0. The van der Waals surface area contributed by atoms with Gasteiger partial charge < -0.3 is 10.4 Å². The lowest BCUT2D eigenvalue weighted by molar-refractivity contribution is -0.127. The van der Waals surface area contributed by atoms with Gasteiger partial charge in [0.1, 0.15) is 0 Å². The maximum atomic E-state index is 13.1. The maximum absolute atomic E-state index is 13.1. The second kappa shape index (κ2) is 8.29. The van der Waals surface area contributed by atoms with Gasteiger partial charge in [-0.05, 0) is 69.6 Å². The van der Waals surface area contributed by atoms with E-state index in [1.54, 1.807) is 13.0 Å². The number of sulfonamides is 1. The summed E-state index contributed by atoms with van der Waals surface area (Å²) < 4.78 is 27.7. The lowest BCUT2D eigenvalue weighted by Gasteiger charge is -2.33. The molecule has 2 N–H and O–H groups in total. The van der Waals surface area contributed by atoms with Gasteiger partial charge in [0.2, 0.25) is 15.9 Å². The molecule has 1 aliphatic carbocycles. The fourth-order valence-electron chi connectivity index (χ4n) is 4.11. The number of piperidine rings is 1. The van der Waals surface area contributed by atoms with Gasteiger partial charge in [-0.1, -0.05) is 12.1 Å². The van der Waals surface area contributed by atoms with Crippen LogP contribution in [0.4, 0.5) is 0 Å². The largest absolute Gasteiger partial charge is 0.393 e. The van der Waals surface area contributed by atoms with Crippen molar-refractivity contribution in [1.82, 2.24) is 9.62 Å². The molecule has 0 bridgehead atoms. The molecule has 3 unspecified atom stereocenters. The Hall–Kier alpha value is -1.44. The summed E-state index contributed by atoms with van der Waals surface area (Å²) in [6, 6.07) is 5.43. The first-order valence-corrected chi connectivity index (χ1v) is 11.3. The van der Waals surface area contributed by atoms with Crippen LogP contribution in [0.1, 0.15) is 49.7 Å². The molecular formula is C20H30N2O4S. The lowest BCUT2D eigenvalue weighted by atomic mass is 9.91. The van der Waals surface area contributed by atoms with E-state index in [9.17, 15) is 18.3 Å². The molecule has 1 heterocycles. The average molecular weight is 395 g/mol. The van der Waals surface area contributed by atoms with Crippen LogP contribution in [0, 0.1) is 19.8 Å². The van der Waals surface area contributed by atoms with Gasteiger partial charge >= 0.3 is 0 Å². The summed E-state index contributed by atoms with van der Waals surface area (Å²) in [5.74, 6) is -0.423. The minimum Gasteiger partial charge on any atom is -0.393 e. The van der Waals surface area contributed by atoms with Gasteiger partial charge in [-0.25, -0.2) is 8.42 Å². The highest BCUT2D eigenvalue weighted by Crippen LogP contribution is 2.27. The predicted molar refractivity (Wildman–Crippen MR) is 104 cm³/mol. The highest BCUT2D eigenvalue weighted by Gasteiger charge is 2.35. The number of aryl methyl sites for hydroxylation is 2. The molecule has 1 aromatic carbocycles. The number of rotatable bonds is 4. The molecule has 0 radical (unpaired) electrons. The average Bonchev–Trinajstić information content (AvgIpc) is 2.63. The summed E-state index contributed by atoms with van der Waals surface area (Å²) in [5, 5.41) is 12.8. The third-order valence-electron chi connectivity index (χ3n) is 5.71. The zero-order valence-electron chi connectivity index (χ0n) is 16.1. The third kappa shape index (κ3) is 4.70. The summed E-state index contributed by atoms with van der Waals surface area (Å²) in [7, 11) is -3.61. The molecule has 3 rings (SSSR count). The Morgan fingerprint density at radius 3 is 2.70 bits per heavy atom. The van der Waals surface area contributed by atoms with E-state index in [4.69, 9.17) is 0 Å². The molecule has 1 saturated carbocycles. The Morgan fingerprint density at radius 2 is 1.96 bits per heavy atom. The van der Waals surface area contributed by atoms with Crippen molar-refractivity contribution in [3.63, 3.8) is 0 Å². The number of carbonyl (C=O) groups is 1. The number of hydrogen-bond donors (Lipinski definition) is 2. The molecule has 0 spiro atoms. The summed E-state index contributed by atoms with van der Waals surface area (Å²) in [5.41, 5.74) is 1.63. The number of carbonyl (C=O) groups excluding carboxylic acids is 1. The van der Waals surface area contributed by atoms with Crippen molar-refractivity contribution >= 4 is 15.9 Å². The van der Waals surface area contributed by atoms with Crippen LogP contribution in [0.15, 0.2) is 23.1 Å². The van der Waals surface area contributed by atoms with E-state index in [1.165, 1.54) is 4.31 Å². The Bertz CT molecular complexity index is 793. The third-order valence-corrected chi connectivity index (χ3v) is 7.72. The number of nitrogens with zero attached hydrogens (tertiary/aromatic N) is 1. The van der Waals surface area contributed by atoms with Gasteiger partial charge in [0.05, 0.1) is 16.9 Å². The first-order chi connectivity index (χ1) is 12.8. The number of nitrogens with one attached hydrogen (secondary N) is 1. The molecule has 7 heteroatoms. The van der Waals surface area contributed by atoms with Gasteiger partial charge in [-0.15, -0.1) is 0 Å². The summed E-state index contributed by atoms with van der Waals surface area (Å²) in [6.45, 7) is 4.34. The molecule has 27 heavy (non-hydrogen) atoms. The zero-order chi connectivity index (χ0) is 19.6. The topological polar surface area (TPSA) is 86.7 Å². The van der Waals surface area contributed by atoms with Crippen molar-refractivity contribution in [2.45, 2.75) is 69.4 Å². The standard InChI is InChI=1S/C20H30N2O4S/c1-14-8-9-15(2)19(11-14)27(25,26)22-10-4-5-16(13-22)20(24)21-17-6-3-7-18(23)12-17/h8-9,11,16-18,23H,3-7,10,12-13H2,1-2H3,(H,21,24). The molecule has 1 aromatic rings. The lowest BCUT2D eigenvalue weighted by Crippen LogP contribution is -2.48. The smallest absolute Gasteiger partial charge is 0.243 e. The molecule has 150 valence electrons. The van der Waals surface area contributed by atoms with Crippen molar-refractivity contribution in [1.29, 1.82) is 0 Å². The molecular weight excluding hydrogens is 364 g/mol. The van der Waals surface area contributed by atoms with Crippen molar-refractivity contribution in [2.24, 2.45) is 5.92 Å². The van der Waals surface area contributed by atoms with Crippen molar-refractivity contribution in [2.75, 3.05) is 13.1 Å². The van der Waals surface area contributed by atoms with Gasteiger partial charge in [0, 0.05) is 19.1 Å². The van der Waals surface area contributed by atoms with E-state index in [0.717, 1.165) is 30.4 Å². The molecule has 3 atom stereocenters. The van der Waals surface area contributed by atoms with Crippen LogP contribution in [0.5, 0.6) is 0 Å². The maximum Gasteiger partial charge on any atom is 0.243 e. The highest BCUT2D eigenvalue weighted by molar-refractivity contribution is 7.89.